The molecule has 2 aliphatic carbocycles. The average Bonchev–Trinajstić information content (AvgIpc) is 2.90. The van der Waals surface area contributed by atoms with Crippen LogP contribution in [0.5, 0.6) is 0 Å². The first-order chi connectivity index (χ1) is 19.2. The molecule has 0 bridgehead atoms. The summed E-state index contributed by atoms with van der Waals surface area (Å²) in [5, 5.41) is 14.1. The van der Waals surface area contributed by atoms with Crippen molar-refractivity contribution < 1.29 is 19.5 Å². The van der Waals surface area contributed by atoms with Gasteiger partial charge in [-0.05, 0) is 62.1 Å². The van der Waals surface area contributed by atoms with E-state index >= 15 is 0 Å². The number of anilines is 2. The highest BCUT2D eigenvalue weighted by molar-refractivity contribution is 6.42. The van der Waals surface area contributed by atoms with Gasteiger partial charge in [-0.15, -0.1) is 0 Å². The zero-order valence-corrected chi connectivity index (χ0v) is 24.6. The minimum absolute atomic E-state index is 0.121. The van der Waals surface area contributed by atoms with E-state index < -0.39 is 0 Å². The SMILES string of the molecule is CCCN(CCC)C1=CC(=NC(C)=O)/C(=C2\C(=O)C(c3ccc(N(CCC)CCC)cc3NC(C)=O)=C2O)C=C1. The van der Waals surface area contributed by atoms with Crippen LogP contribution in [0.25, 0.3) is 5.57 Å². The Morgan fingerprint density at radius 2 is 1.48 bits per heavy atom. The maximum atomic E-state index is 13.6. The van der Waals surface area contributed by atoms with Gasteiger partial charge in [0.05, 0.1) is 22.5 Å². The average molecular weight is 547 g/mol. The second-order valence-electron chi connectivity index (χ2n) is 10.1. The van der Waals surface area contributed by atoms with Crippen molar-refractivity contribution in [3.63, 3.8) is 0 Å². The fourth-order valence-corrected chi connectivity index (χ4v) is 5.15. The molecule has 2 amide bonds. The number of hydrogen-bond acceptors (Lipinski definition) is 6. The minimum Gasteiger partial charge on any atom is -0.506 e. The van der Waals surface area contributed by atoms with Gasteiger partial charge in [0.15, 0.2) is 0 Å². The summed E-state index contributed by atoms with van der Waals surface area (Å²) in [6.45, 7) is 14.7. The van der Waals surface area contributed by atoms with Gasteiger partial charge in [0.1, 0.15) is 5.76 Å². The third-order valence-corrected chi connectivity index (χ3v) is 6.74. The molecule has 0 heterocycles. The van der Waals surface area contributed by atoms with Crippen LogP contribution in [0.3, 0.4) is 0 Å². The van der Waals surface area contributed by atoms with Gasteiger partial charge < -0.3 is 20.2 Å². The normalized spacial score (nSPS) is 17.6. The predicted molar refractivity (Wildman–Crippen MR) is 163 cm³/mol. The van der Waals surface area contributed by atoms with Crippen molar-refractivity contribution in [2.24, 2.45) is 4.99 Å². The topological polar surface area (TPSA) is 102 Å². The molecule has 214 valence electrons. The molecule has 0 fully saturated rings. The van der Waals surface area contributed by atoms with Crippen LogP contribution < -0.4 is 10.2 Å². The van der Waals surface area contributed by atoms with E-state index in [0.29, 0.717) is 22.5 Å². The fraction of sp³-hybridized carbons (Fsp3) is 0.438. The van der Waals surface area contributed by atoms with Gasteiger partial charge in [-0.3, -0.25) is 14.4 Å². The van der Waals surface area contributed by atoms with Crippen LogP contribution in [0.1, 0.15) is 72.8 Å². The van der Waals surface area contributed by atoms with Crippen LogP contribution in [0, 0.1) is 0 Å². The van der Waals surface area contributed by atoms with E-state index in [4.69, 9.17) is 0 Å². The molecular weight excluding hydrogens is 504 g/mol. The molecule has 2 aliphatic rings. The number of carbonyl (C=O) groups is 3. The zero-order chi connectivity index (χ0) is 29.4. The summed E-state index contributed by atoms with van der Waals surface area (Å²) in [7, 11) is 0. The summed E-state index contributed by atoms with van der Waals surface area (Å²) < 4.78 is 0. The van der Waals surface area contributed by atoms with E-state index in [1.807, 2.05) is 18.2 Å². The van der Waals surface area contributed by atoms with Crippen molar-refractivity contribution in [3.05, 3.63) is 64.6 Å². The summed E-state index contributed by atoms with van der Waals surface area (Å²) in [5.41, 5.74) is 3.79. The summed E-state index contributed by atoms with van der Waals surface area (Å²) in [6.07, 6.45) is 9.34. The summed E-state index contributed by atoms with van der Waals surface area (Å²) >= 11 is 0. The second kappa shape index (κ2) is 13.9. The van der Waals surface area contributed by atoms with E-state index in [1.165, 1.54) is 13.8 Å². The Balaban J connectivity index is 2.10. The van der Waals surface area contributed by atoms with Crippen LogP contribution >= 0.6 is 0 Å². The van der Waals surface area contributed by atoms with Gasteiger partial charge >= 0.3 is 0 Å². The Labute approximate surface area is 237 Å². The number of rotatable bonds is 12. The molecule has 3 rings (SSSR count). The molecule has 0 spiro atoms. The molecule has 0 saturated carbocycles. The number of allylic oxidation sites excluding steroid dienone is 6. The van der Waals surface area contributed by atoms with Crippen molar-refractivity contribution >= 4 is 40.3 Å². The van der Waals surface area contributed by atoms with Crippen molar-refractivity contribution in [2.75, 3.05) is 36.4 Å². The number of nitrogens with zero attached hydrogens (tertiary/aromatic N) is 3. The van der Waals surface area contributed by atoms with Crippen LogP contribution in [-0.2, 0) is 14.4 Å². The Hall–Kier alpha value is -3.94. The van der Waals surface area contributed by atoms with E-state index in [2.05, 4.69) is 47.8 Å². The Kier molecular flexibility index (Phi) is 10.6. The maximum absolute atomic E-state index is 13.6. The lowest BCUT2D eigenvalue weighted by atomic mass is 9.78. The third-order valence-electron chi connectivity index (χ3n) is 6.74. The first kappa shape index (κ1) is 30.6. The largest absolute Gasteiger partial charge is 0.506 e. The highest BCUT2D eigenvalue weighted by Gasteiger charge is 2.39. The van der Waals surface area contributed by atoms with E-state index in [-0.39, 0.29) is 34.5 Å². The number of Topliss-reactive ketones (excluding diaryl/α,β-unsaturated/α-hetero) is 1. The number of aliphatic hydroxyl groups excluding tert-OH is 1. The number of aliphatic hydroxyl groups is 1. The van der Waals surface area contributed by atoms with Crippen LogP contribution in [0.15, 0.2) is 64.0 Å². The lowest BCUT2D eigenvalue weighted by molar-refractivity contribution is -0.116. The Bertz CT molecular complexity index is 1300. The number of amides is 2. The first-order valence-corrected chi connectivity index (χ1v) is 14.3. The van der Waals surface area contributed by atoms with E-state index in [0.717, 1.165) is 63.2 Å². The lowest BCUT2D eigenvalue weighted by Gasteiger charge is -2.30. The molecule has 0 unspecified atom stereocenters. The van der Waals surface area contributed by atoms with Crippen molar-refractivity contribution in [1.29, 1.82) is 0 Å². The molecule has 1 aromatic rings. The van der Waals surface area contributed by atoms with Gasteiger partial charge in [0, 0.05) is 62.5 Å². The lowest BCUT2D eigenvalue weighted by Crippen LogP contribution is -2.29. The monoisotopic (exact) mass is 546 g/mol. The summed E-state index contributed by atoms with van der Waals surface area (Å²) in [5.74, 6) is -1.19. The van der Waals surface area contributed by atoms with E-state index in [1.54, 1.807) is 18.2 Å². The molecule has 2 N–H and O–H groups in total. The summed E-state index contributed by atoms with van der Waals surface area (Å²) in [4.78, 5) is 46.3. The number of aliphatic imine (C=N–C) groups is 1. The maximum Gasteiger partial charge on any atom is 0.243 e. The number of carbonyl (C=O) groups excluding carboxylic acids is 3. The number of ketones is 1. The smallest absolute Gasteiger partial charge is 0.243 e. The molecule has 1 aromatic carbocycles. The van der Waals surface area contributed by atoms with Gasteiger partial charge in [0.2, 0.25) is 17.6 Å². The van der Waals surface area contributed by atoms with Gasteiger partial charge in [-0.25, -0.2) is 4.99 Å². The van der Waals surface area contributed by atoms with Crippen molar-refractivity contribution in [2.45, 2.75) is 67.2 Å². The minimum atomic E-state index is -0.390. The predicted octanol–water partition coefficient (Wildman–Crippen LogP) is 5.98. The molecule has 0 atom stereocenters. The van der Waals surface area contributed by atoms with Crippen LogP contribution in [0.4, 0.5) is 11.4 Å². The van der Waals surface area contributed by atoms with E-state index in [9.17, 15) is 19.5 Å². The number of benzene rings is 1. The summed E-state index contributed by atoms with van der Waals surface area (Å²) in [6, 6.07) is 5.55. The molecule has 0 radical (unpaired) electrons. The third kappa shape index (κ3) is 6.79. The second-order valence-corrected chi connectivity index (χ2v) is 10.1. The highest BCUT2D eigenvalue weighted by Crippen LogP contribution is 2.43. The fourth-order valence-electron chi connectivity index (χ4n) is 5.15. The Morgan fingerprint density at radius 1 is 0.875 bits per heavy atom. The van der Waals surface area contributed by atoms with Crippen LogP contribution in [-0.4, -0.2) is 59.5 Å². The highest BCUT2D eigenvalue weighted by atomic mass is 16.3. The molecule has 8 nitrogen and oxygen atoms in total. The standard InChI is InChI=1S/C32H42N4O4/c1-7-15-35(16-8-2)23-11-13-25(27(19-23)33-21(5)37)29-31(39)30(32(29)40)26-14-12-24(20-28(26)34-22(6)38)36(17-9-3)18-10-4/h11-14,19-20,39H,7-10,15-18H2,1-6H3,(H,33,37)/b30-26-,34-28?. The molecule has 8 heteroatoms. The number of hydrogen-bond donors (Lipinski definition) is 2. The molecule has 0 saturated heterocycles. The molecule has 40 heavy (non-hydrogen) atoms. The zero-order valence-electron chi connectivity index (χ0n) is 24.6. The molecular formula is C32H42N4O4. The quantitative estimate of drug-likeness (QED) is 0.313. The molecule has 0 aromatic heterocycles. The van der Waals surface area contributed by atoms with Crippen molar-refractivity contribution in [3.8, 4) is 0 Å². The Morgan fingerprint density at radius 3 is 2.00 bits per heavy atom. The van der Waals surface area contributed by atoms with Gasteiger partial charge in [-0.1, -0.05) is 27.7 Å². The van der Waals surface area contributed by atoms with Gasteiger partial charge in [-0.2, -0.15) is 0 Å². The van der Waals surface area contributed by atoms with Gasteiger partial charge in [0.25, 0.3) is 0 Å². The number of nitrogens with one attached hydrogen (secondary N) is 1. The van der Waals surface area contributed by atoms with Crippen molar-refractivity contribution in [1.82, 2.24) is 4.90 Å². The van der Waals surface area contributed by atoms with Crippen LogP contribution in [0.2, 0.25) is 0 Å². The molecule has 0 aliphatic heterocycles. The first-order valence-electron chi connectivity index (χ1n) is 14.3.